The van der Waals surface area contributed by atoms with E-state index in [-0.39, 0.29) is 12.2 Å². The van der Waals surface area contributed by atoms with E-state index in [0.717, 1.165) is 16.6 Å². The van der Waals surface area contributed by atoms with E-state index in [1.165, 1.54) is 23.5 Å². The molecule has 3 aromatic rings. The Balaban J connectivity index is 1.79. The van der Waals surface area contributed by atoms with Crippen molar-refractivity contribution in [1.29, 1.82) is 0 Å². The molecule has 7 nitrogen and oxygen atoms in total. The summed E-state index contributed by atoms with van der Waals surface area (Å²) in [5.74, 6) is -0.942. The standard InChI is InChI=1S/C17H16FN5O2S2/c1-10(16(25)20-12-6-3-2-5-11(12)18)27-17-22-21-15(13-7-4-8-26-13)23(17)9-14(19)24/h2-8,10H,9H2,1H3,(H2,19,24)(H,20,25). The molecule has 1 atom stereocenters. The molecule has 0 aliphatic rings. The van der Waals surface area contributed by atoms with Crippen molar-refractivity contribution in [3.8, 4) is 10.7 Å². The van der Waals surface area contributed by atoms with Gasteiger partial charge in [0.1, 0.15) is 12.4 Å². The van der Waals surface area contributed by atoms with Gasteiger partial charge in [0.15, 0.2) is 11.0 Å². The lowest BCUT2D eigenvalue weighted by Gasteiger charge is -2.13. The minimum atomic E-state index is -0.600. The predicted octanol–water partition coefficient (Wildman–Crippen LogP) is 2.75. The average molecular weight is 405 g/mol. The van der Waals surface area contributed by atoms with Crippen LogP contribution in [0.3, 0.4) is 0 Å². The van der Waals surface area contributed by atoms with Crippen molar-refractivity contribution < 1.29 is 14.0 Å². The van der Waals surface area contributed by atoms with E-state index in [4.69, 9.17) is 5.73 Å². The van der Waals surface area contributed by atoms with Gasteiger partial charge in [-0.15, -0.1) is 21.5 Å². The molecule has 27 heavy (non-hydrogen) atoms. The SMILES string of the molecule is CC(Sc1nnc(-c2cccs2)n1CC(N)=O)C(=O)Nc1ccccc1F. The Hall–Kier alpha value is -2.72. The molecule has 3 rings (SSSR count). The second-order valence-electron chi connectivity index (χ2n) is 5.57. The molecule has 3 N–H and O–H groups in total. The van der Waals surface area contributed by atoms with E-state index in [1.54, 1.807) is 23.6 Å². The fraction of sp³-hybridized carbons (Fsp3) is 0.176. The smallest absolute Gasteiger partial charge is 0.237 e. The second-order valence-corrected chi connectivity index (χ2v) is 7.82. The molecule has 2 amide bonds. The van der Waals surface area contributed by atoms with E-state index in [9.17, 15) is 14.0 Å². The fourth-order valence-electron chi connectivity index (χ4n) is 2.27. The summed E-state index contributed by atoms with van der Waals surface area (Å²) in [5.41, 5.74) is 5.45. The third-order valence-corrected chi connectivity index (χ3v) is 5.50. The quantitative estimate of drug-likeness (QED) is 0.589. The summed E-state index contributed by atoms with van der Waals surface area (Å²) in [6.07, 6.45) is 0. The van der Waals surface area contributed by atoms with Gasteiger partial charge in [0.25, 0.3) is 0 Å². The summed E-state index contributed by atoms with van der Waals surface area (Å²) in [6.45, 7) is 1.55. The molecule has 0 aliphatic heterocycles. The number of thioether (sulfide) groups is 1. The molecule has 0 radical (unpaired) electrons. The van der Waals surface area contributed by atoms with Crippen molar-refractivity contribution in [2.24, 2.45) is 5.73 Å². The maximum absolute atomic E-state index is 13.7. The van der Waals surface area contributed by atoms with Crippen molar-refractivity contribution in [2.45, 2.75) is 23.9 Å². The maximum atomic E-state index is 13.7. The zero-order valence-corrected chi connectivity index (χ0v) is 15.9. The Bertz CT molecular complexity index is 958. The fourth-order valence-corrected chi connectivity index (χ4v) is 3.84. The molecule has 0 fully saturated rings. The van der Waals surface area contributed by atoms with Crippen LogP contribution in [0.25, 0.3) is 10.7 Å². The first-order valence-electron chi connectivity index (χ1n) is 7.93. The number of benzene rings is 1. The van der Waals surface area contributed by atoms with Gasteiger partial charge in [-0.05, 0) is 30.5 Å². The Morgan fingerprint density at radius 2 is 2.07 bits per heavy atom. The maximum Gasteiger partial charge on any atom is 0.237 e. The number of aromatic nitrogens is 3. The van der Waals surface area contributed by atoms with E-state index in [1.807, 2.05) is 17.5 Å². The summed E-state index contributed by atoms with van der Waals surface area (Å²) >= 11 is 2.57. The highest BCUT2D eigenvalue weighted by Crippen LogP contribution is 2.29. The lowest BCUT2D eigenvalue weighted by atomic mass is 10.3. The summed E-state index contributed by atoms with van der Waals surface area (Å²) in [6, 6.07) is 9.64. The number of anilines is 1. The summed E-state index contributed by atoms with van der Waals surface area (Å²) < 4.78 is 15.3. The lowest BCUT2D eigenvalue weighted by molar-refractivity contribution is -0.118. The van der Waals surface area contributed by atoms with E-state index < -0.39 is 22.9 Å². The van der Waals surface area contributed by atoms with E-state index in [0.29, 0.717) is 11.0 Å². The highest BCUT2D eigenvalue weighted by Gasteiger charge is 2.22. The minimum Gasteiger partial charge on any atom is -0.368 e. The van der Waals surface area contributed by atoms with Gasteiger partial charge in [-0.25, -0.2) is 4.39 Å². The van der Waals surface area contributed by atoms with Crippen molar-refractivity contribution in [2.75, 3.05) is 5.32 Å². The summed E-state index contributed by atoms with van der Waals surface area (Å²) in [7, 11) is 0. The molecule has 140 valence electrons. The van der Waals surface area contributed by atoms with E-state index >= 15 is 0 Å². The molecule has 10 heteroatoms. The summed E-state index contributed by atoms with van der Waals surface area (Å²) in [5, 5.41) is 12.4. The van der Waals surface area contributed by atoms with Crippen LogP contribution in [0.2, 0.25) is 0 Å². The molecule has 0 aliphatic carbocycles. The molecule has 0 bridgehead atoms. The van der Waals surface area contributed by atoms with E-state index in [2.05, 4.69) is 15.5 Å². The monoisotopic (exact) mass is 405 g/mol. The normalized spacial score (nSPS) is 11.9. The zero-order valence-electron chi connectivity index (χ0n) is 14.3. The van der Waals surface area contributed by atoms with Crippen LogP contribution in [0, 0.1) is 5.82 Å². The van der Waals surface area contributed by atoms with Crippen LogP contribution in [-0.2, 0) is 16.1 Å². The van der Waals surface area contributed by atoms with Crippen LogP contribution >= 0.6 is 23.1 Å². The molecular weight excluding hydrogens is 389 g/mol. The first-order valence-corrected chi connectivity index (χ1v) is 9.69. The number of thiophene rings is 1. The number of amides is 2. The zero-order chi connectivity index (χ0) is 19.4. The molecular formula is C17H16FN5O2S2. The average Bonchev–Trinajstić information content (AvgIpc) is 3.27. The van der Waals surface area contributed by atoms with Crippen LogP contribution in [0.15, 0.2) is 46.9 Å². The summed E-state index contributed by atoms with van der Waals surface area (Å²) in [4.78, 5) is 24.7. The molecule has 2 heterocycles. The number of carbonyl (C=O) groups is 2. The number of hydrogen-bond acceptors (Lipinski definition) is 6. The Morgan fingerprint density at radius 1 is 1.30 bits per heavy atom. The van der Waals surface area contributed by atoms with Crippen LogP contribution in [0.4, 0.5) is 10.1 Å². The molecule has 1 aromatic carbocycles. The number of nitrogens with two attached hydrogens (primary N) is 1. The van der Waals surface area contributed by atoms with Crippen LogP contribution in [0.5, 0.6) is 0 Å². The largest absolute Gasteiger partial charge is 0.368 e. The van der Waals surface area contributed by atoms with Gasteiger partial charge < -0.3 is 11.1 Å². The number of nitrogens with one attached hydrogen (secondary N) is 1. The number of halogens is 1. The number of nitrogens with zero attached hydrogens (tertiary/aromatic N) is 3. The molecule has 0 spiro atoms. The van der Waals surface area contributed by atoms with Crippen molar-refractivity contribution >= 4 is 40.6 Å². The van der Waals surface area contributed by atoms with Crippen molar-refractivity contribution in [3.63, 3.8) is 0 Å². The van der Waals surface area contributed by atoms with Gasteiger partial charge in [0.05, 0.1) is 15.8 Å². The predicted molar refractivity (Wildman–Crippen MR) is 103 cm³/mol. The van der Waals surface area contributed by atoms with Gasteiger partial charge in [-0.1, -0.05) is 30.0 Å². The van der Waals surface area contributed by atoms with Crippen LogP contribution < -0.4 is 11.1 Å². The van der Waals surface area contributed by atoms with Crippen molar-refractivity contribution in [3.05, 3.63) is 47.6 Å². The molecule has 2 aromatic heterocycles. The van der Waals surface area contributed by atoms with Gasteiger partial charge in [0.2, 0.25) is 11.8 Å². The van der Waals surface area contributed by atoms with Crippen LogP contribution in [0.1, 0.15) is 6.92 Å². The molecule has 0 saturated carbocycles. The van der Waals surface area contributed by atoms with Crippen molar-refractivity contribution in [1.82, 2.24) is 14.8 Å². The van der Waals surface area contributed by atoms with Gasteiger partial charge in [-0.2, -0.15) is 0 Å². The highest BCUT2D eigenvalue weighted by molar-refractivity contribution is 8.00. The molecule has 1 unspecified atom stereocenters. The minimum absolute atomic E-state index is 0.104. The first-order chi connectivity index (χ1) is 13.0. The van der Waals surface area contributed by atoms with Gasteiger partial charge in [-0.3, -0.25) is 14.2 Å². The number of para-hydroxylation sites is 1. The number of carbonyl (C=O) groups excluding carboxylic acids is 2. The third kappa shape index (κ3) is 4.52. The van der Waals surface area contributed by atoms with Crippen LogP contribution in [-0.4, -0.2) is 31.8 Å². The molecule has 0 saturated heterocycles. The van der Waals surface area contributed by atoms with Gasteiger partial charge >= 0.3 is 0 Å². The van der Waals surface area contributed by atoms with Gasteiger partial charge in [0, 0.05) is 0 Å². The third-order valence-electron chi connectivity index (χ3n) is 3.56. The number of primary amides is 1. The second kappa shape index (κ2) is 8.31. The Morgan fingerprint density at radius 3 is 2.74 bits per heavy atom. The Kier molecular flexibility index (Phi) is 5.87. The Labute approximate surface area is 162 Å². The first kappa shape index (κ1) is 19.1. The lowest BCUT2D eigenvalue weighted by Crippen LogP contribution is -2.24. The number of hydrogen-bond donors (Lipinski definition) is 2. The number of rotatable bonds is 7. The highest BCUT2D eigenvalue weighted by atomic mass is 32.2. The topological polar surface area (TPSA) is 103 Å².